The van der Waals surface area contributed by atoms with Gasteiger partial charge in [-0.05, 0) is 49.2 Å². The van der Waals surface area contributed by atoms with Crippen LogP contribution in [-0.2, 0) is 10.0 Å². The fourth-order valence-corrected chi connectivity index (χ4v) is 3.53. The number of hydrogen-bond acceptors (Lipinski definition) is 4. The Kier molecular flexibility index (Phi) is 4.79. The third kappa shape index (κ3) is 3.56. The van der Waals surface area contributed by atoms with Crippen LogP contribution in [0.4, 0.5) is 10.1 Å². The molecular formula is C16H18FNO4S. The quantitative estimate of drug-likeness (QED) is 0.908. The third-order valence-corrected chi connectivity index (χ3v) is 4.91. The second kappa shape index (κ2) is 6.45. The van der Waals surface area contributed by atoms with E-state index in [2.05, 4.69) is 4.72 Å². The lowest BCUT2D eigenvalue weighted by Gasteiger charge is -2.15. The molecule has 0 aromatic heterocycles. The summed E-state index contributed by atoms with van der Waals surface area (Å²) in [6.07, 6.45) is 0. The number of methoxy groups -OCH3 is 2. The van der Waals surface area contributed by atoms with Crippen LogP contribution in [0.3, 0.4) is 0 Å². The van der Waals surface area contributed by atoms with E-state index in [9.17, 15) is 12.8 Å². The van der Waals surface area contributed by atoms with Gasteiger partial charge in [0.25, 0.3) is 10.0 Å². The number of sulfonamides is 1. The smallest absolute Gasteiger partial charge is 0.262 e. The number of ether oxygens (including phenoxy) is 2. The maximum absolute atomic E-state index is 13.2. The fourth-order valence-electron chi connectivity index (χ4n) is 2.24. The van der Waals surface area contributed by atoms with Gasteiger partial charge >= 0.3 is 0 Å². The van der Waals surface area contributed by atoms with Crippen LogP contribution in [0.15, 0.2) is 35.2 Å². The van der Waals surface area contributed by atoms with Crippen molar-refractivity contribution < 1.29 is 22.3 Å². The predicted molar refractivity (Wildman–Crippen MR) is 86.2 cm³/mol. The van der Waals surface area contributed by atoms with Gasteiger partial charge in [-0.15, -0.1) is 0 Å². The van der Waals surface area contributed by atoms with Gasteiger partial charge in [0.2, 0.25) is 0 Å². The Labute approximate surface area is 135 Å². The van der Waals surface area contributed by atoms with Crippen molar-refractivity contribution in [3.63, 3.8) is 0 Å². The highest BCUT2D eigenvalue weighted by atomic mass is 32.2. The molecule has 0 saturated carbocycles. The minimum absolute atomic E-state index is 0.000458. The average Bonchev–Trinajstić information content (AvgIpc) is 2.47. The number of halogens is 1. The van der Waals surface area contributed by atoms with Gasteiger partial charge in [-0.1, -0.05) is 0 Å². The summed E-state index contributed by atoms with van der Waals surface area (Å²) < 4.78 is 51.2. The van der Waals surface area contributed by atoms with E-state index in [1.165, 1.54) is 33.3 Å². The molecule has 2 aromatic rings. The zero-order valence-electron chi connectivity index (χ0n) is 13.3. The molecule has 0 aliphatic rings. The van der Waals surface area contributed by atoms with E-state index in [-0.39, 0.29) is 10.6 Å². The van der Waals surface area contributed by atoms with E-state index in [4.69, 9.17) is 9.47 Å². The molecular weight excluding hydrogens is 321 g/mol. The van der Waals surface area contributed by atoms with Gasteiger partial charge in [0, 0.05) is 6.07 Å². The van der Waals surface area contributed by atoms with Gasteiger partial charge in [-0.3, -0.25) is 4.72 Å². The summed E-state index contributed by atoms with van der Waals surface area (Å²) in [4.78, 5) is 0.000458. The van der Waals surface area contributed by atoms with Crippen LogP contribution in [-0.4, -0.2) is 22.6 Å². The Morgan fingerprint density at radius 3 is 2.17 bits per heavy atom. The third-order valence-electron chi connectivity index (χ3n) is 3.39. The molecule has 0 bridgehead atoms. The van der Waals surface area contributed by atoms with Crippen molar-refractivity contribution in [2.75, 3.05) is 18.9 Å². The van der Waals surface area contributed by atoms with Gasteiger partial charge in [0.05, 0.1) is 24.8 Å². The summed E-state index contributed by atoms with van der Waals surface area (Å²) in [7, 11) is -0.940. The SMILES string of the molecule is COc1cc(NS(=O)(=O)c2ccc(F)cc2C)c(OC)cc1C. The van der Waals surface area contributed by atoms with Crippen LogP contribution in [0.2, 0.25) is 0 Å². The van der Waals surface area contributed by atoms with Crippen LogP contribution >= 0.6 is 0 Å². The first-order chi connectivity index (χ1) is 10.8. The highest BCUT2D eigenvalue weighted by Crippen LogP contribution is 2.34. The van der Waals surface area contributed by atoms with E-state index >= 15 is 0 Å². The van der Waals surface area contributed by atoms with E-state index in [0.29, 0.717) is 17.1 Å². The summed E-state index contributed by atoms with van der Waals surface area (Å²) in [6.45, 7) is 3.36. The van der Waals surface area contributed by atoms with Crippen molar-refractivity contribution >= 4 is 15.7 Å². The van der Waals surface area contributed by atoms with Crippen LogP contribution in [0.25, 0.3) is 0 Å². The zero-order chi connectivity index (χ0) is 17.2. The molecule has 0 aliphatic carbocycles. The Morgan fingerprint density at radius 2 is 1.61 bits per heavy atom. The summed E-state index contributed by atoms with van der Waals surface area (Å²) >= 11 is 0. The largest absolute Gasteiger partial charge is 0.496 e. The van der Waals surface area contributed by atoms with Crippen LogP contribution in [0.5, 0.6) is 11.5 Å². The second-order valence-electron chi connectivity index (χ2n) is 5.04. The number of nitrogens with one attached hydrogen (secondary N) is 1. The monoisotopic (exact) mass is 339 g/mol. The fraction of sp³-hybridized carbons (Fsp3) is 0.250. The van der Waals surface area contributed by atoms with Gasteiger partial charge in [-0.2, -0.15) is 0 Å². The number of benzene rings is 2. The average molecular weight is 339 g/mol. The van der Waals surface area contributed by atoms with Crippen molar-refractivity contribution in [3.05, 3.63) is 47.3 Å². The molecule has 2 aromatic carbocycles. The highest BCUT2D eigenvalue weighted by Gasteiger charge is 2.20. The molecule has 0 radical (unpaired) electrons. The molecule has 0 saturated heterocycles. The first-order valence-electron chi connectivity index (χ1n) is 6.80. The summed E-state index contributed by atoms with van der Waals surface area (Å²) in [5, 5.41) is 0. The van der Waals surface area contributed by atoms with E-state index in [0.717, 1.165) is 11.6 Å². The molecule has 0 amide bonds. The summed E-state index contributed by atoms with van der Waals surface area (Å²) in [5.74, 6) is 0.405. The van der Waals surface area contributed by atoms with E-state index in [1.54, 1.807) is 12.1 Å². The first kappa shape index (κ1) is 17.1. The molecule has 0 aliphatic heterocycles. The lowest BCUT2D eigenvalue weighted by molar-refractivity contribution is 0.402. The molecule has 5 nitrogen and oxygen atoms in total. The Morgan fingerprint density at radius 1 is 0.957 bits per heavy atom. The van der Waals surface area contributed by atoms with Crippen molar-refractivity contribution in [1.82, 2.24) is 0 Å². The maximum atomic E-state index is 13.2. The van der Waals surface area contributed by atoms with Crippen molar-refractivity contribution in [1.29, 1.82) is 0 Å². The minimum atomic E-state index is -3.88. The van der Waals surface area contributed by atoms with Crippen molar-refractivity contribution in [2.45, 2.75) is 18.7 Å². The summed E-state index contributed by atoms with van der Waals surface area (Å²) in [5.41, 5.74) is 1.37. The topological polar surface area (TPSA) is 64.6 Å². The molecule has 124 valence electrons. The normalized spacial score (nSPS) is 11.2. The number of aryl methyl sites for hydroxylation is 2. The molecule has 0 unspecified atom stereocenters. The number of rotatable bonds is 5. The number of anilines is 1. The summed E-state index contributed by atoms with van der Waals surface area (Å²) in [6, 6.07) is 6.72. The maximum Gasteiger partial charge on any atom is 0.262 e. The molecule has 1 N–H and O–H groups in total. The van der Waals surface area contributed by atoms with Gasteiger partial charge < -0.3 is 9.47 Å². The van der Waals surface area contributed by atoms with Crippen molar-refractivity contribution in [2.24, 2.45) is 0 Å². The van der Waals surface area contributed by atoms with Crippen LogP contribution in [0.1, 0.15) is 11.1 Å². The molecule has 0 atom stereocenters. The molecule has 2 rings (SSSR count). The predicted octanol–water partition coefficient (Wildman–Crippen LogP) is 3.26. The van der Waals surface area contributed by atoms with Crippen LogP contribution in [0, 0.1) is 19.7 Å². The Bertz CT molecular complexity index is 834. The molecule has 0 spiro atoms. The van der Waals surface area contributed by atoms with E-state index in [1.807, 2.05) is 6.92 Å². The molecule has 0 heterocycles. The molecule has 0 fully saturated rings. The van der Waals surface area contributed by atoms with Gasteiger partial charge in [-0.25, -0.2) is 12.8 Å². The van der Waals surface area contributed by atoms with E-state index < -0.39 is 15.8 Å². The molecule has 23 heavy (non-hydrogen) atoms. The van der Waals surface area contributed by atoms with Gasteiger partial charge in [0.15, 0.2) is 0 Å². The zero-order valence-corrected chi connectivity index (χ0v) is 14.1. The van der Waals surface area contributed by atoms with Crippen molar-refractivity contribution in [3.8, 4) is 11.5 Å². The Balaban J connectivity index is 2.48. The lowest BCUT2D eigenvalue weighted by atomic mass is 10.2. The standard InChI is InChI=1S/C16H18FNO4S/c1-10-8-15(22-4)13(9-14(10)21-3)18-23(19,20)16-6-5-12(17)7-11(16)2/h5-9,18H,1-4H3. The van der Waals surface area contributed by atoms with Gasteiger partial charge in [0.1, 0.15) is 17.3 Å². The second-order valence-corrected chi connectivity index (χ2v) is 6.69. The first-order valence-corrected chi connectivity index (χ1v) is 8.28. The lowest BCUT2D eigenvalue weighted by Crippen LogP contribution is -2.15. The Hall–Kier alpha value is -2.28. The van der Waals surface area contributed by atoms with Crippen LogP contribution < -0.4 is 14.2 Å². The highest BCUT2D eigenvalue weighted by molar-refractivity contribution is 7.92. The molecule has 7 heteroatoms. The number of hydrogen-bond donors (Lipinski definition) is 1. The minimum Gasteiger partial charge on any atom is -0.496 e.